The van der Waals surface area contributed by atoms with E-state index in [0.29, 0.717) is 34.3 Å². The smallest absolute Gasteiger partial charge is 0.271 e. The number of aromatic hydroxyl groups is 1. The largest absolute Gasteiger partial charge is 0.505 e. The zero-order valence-electron chi connectivity index (χ0n) is 32.5. The summed E-state index contributed by atoms with van der Waals surface area (Å²) in [5.74, 6) is -1.08. The molecule has 0 aliphatic carbocycles. The Hall–Kier alpha value is -6.34. The van der Waals surface area contributed by atoms with Gasteiger partial charge < -0.3 is 20.5 Å². The minimum absolute atomic E-state index is 0.0246. The maximum atomic E-state index is 13.6. The van der Waals surface area contributed by atoms with E-state index < -0.39 is 16.6 Å². The van der Waals surface area contributed by atoms with Crippen molar-refractivity contribution in [1.82, 2.24) is 5.32 Å². The molecule has 0 spiro atoms. The standard InChI is InChI=1S/C44H50N6O7/c1-3-4-5-6-7-8-9-10-11-15-25-45-43(52)32-22-23-37-33(27-32)28-38(44(53)46-35-19-16-20-36(29-35)50(54)55)42(51)41(37)48-47-39-26-31(21-24-40(39)56-2)30-57-49-34-17-13-12-14-18-34/h12-14,16-24,26-29,49,51H,3-11,15,25,30H2,1-2H3,(H,45,52)(H,46,53). The van der Waals surface area contributed by atoms with Gasteiger partial charge in [-0.1, -0.05) is 101 Å². The number of fused-ring (bicyclic) bond motifs is 1. The summed E-state index contributed by atoms with van der Waals surface area (Å²) in [6, 6.07) is 26.5. The van der Waals surface area contributed by atoms with E-state index in [1.165, 1.54) is 82.4 Å². The van der Waals surface area contributed by atoms with Crippen molar-refractivity contribution in [3.05, 3.63) is 124 Å². The number of unbranched alkanes of at least 4 members (excludes halogenated alkanes) is 9. The molecule has 57 heavy (non-hydrogen) atoms. The van der Waals surface area contributed by atoms with Crippen LogP contribution >= 0.6 is 0 Å². The highest BCUT2D eigenvalue weighted by Gasteiger charge is 2.21. The number of methoxy groups -OCH3 is 1. The zero-order valence-corrected chi connectivity index (χ0v) is 32.5. The average molecular weight is 775 g/mol. The second kappa shape index (κ2) is 21.7. The number of rotatable bonds is 22. The van der Waals surface area contributed by atoms with Crippen molar-refractivity contribution in [3.63, 3.8) is 0 Å². The monoisotopic (exact) mass is 774 g/mol. The first-order valence-corrected chi connectivity index (χ1v) is 19.4. The van der Waals surface area contributed by atoms with Crippen LogP contribution < -0.4 is 20.9 Å². The number of hydrogen-bond donors (Lipinski definition) is 4. The molecule has 298 valence electrons. The Morgan fingerprint density at radius 3 is 2.21 bits per heavy atom. The highest BCUT2D eigenvalue weighted by Crippen LogP contribution is 2.41. The molecular formula is C44H50N6O7. The lowest BCUT2D eigenvalue weighted by Crippen LogP contribution is -2.24. The van der Waals surface area contributed by atoms with Gasteiger partial charge in [0.1, 0.15) is 17.1 Å². The molecule has 0 unspecified atom stereocenters. The van der Waals surface area contributed by atoms with E-state index in [4.69, 9.17) is 9.57 Å². The van der Waals surface area contributed by atoms with Crippen LogP contribution in [0.1, 0.15) is 97.4 Å². The lowest BCUT2D eigenvalue weighted by atomic mass is 10.00. The minimum Gasteiger partial charge on any atom is -0.505 e. The molecule has 13 nitrogen and oxygen atoms in total. The van der Waals surface area contributed by atoms with E-state index in [-0.39, 0.29) is 35.1 Å². The van der Waals surface area contributed by atoms with Crippen molar-refractivity contribution in [3.8, 4) is 11.5 Å². The molecule has 5 aromatic carbocycles. The third-order valence-electron chi connectivity index (χ3n) is 9.43. The molecule has 4 N–H and O–H groups in total. The van der Waals surface area contributed by atoms with Crippen molar-refractivity contribution in [2.24, 2.45) is 10.2 Å². The number of benzene rings is 5. The first kappa shape index (κ1) is 41.8. The summed E-state index contributed by atoms with van der Waals surface area (Å²) >= 11 is 0. The van der Waals surface area contributed by atoms with Crippen molar-refractivity contribution >= 4 is 51.0 Å². The Labute approximate surface area is 332 Å². The molecule has 0 aromatic heterocycles. The average Bonchev–Trinajstić information content (AvgIpc) is 3.22. The number of phenols is 1. The summed E-state index contributed by atoms with van der Waals surface area (Å²) in [5.41, 5.74) is 4.88. The Kier molecular flexibility index (Phi) is 15.9. The maximum Gasteiger partial charge on any atom is 0.271 e. The number of azo groups is 1. The zero-order chi connectivity index (χ0) is 40.4. The highest BCUT2D eigenvalue weighted by atomic mass is 16.6. The SMILES string of the molecule is CCCCCCCCCCCCNC(=O)c1ccc2c(N=Nc3cc(CONc4ccccc4)ccc3OC)c(O)c(C(=O)Nc3cccc([N+](=O)[O-])c3)cc2c1. The Morgan fingerprint density at radius 2 is 1.49 bits per heavy atom. The third kappa shape index (κ3) is 12.3. The van der Waals surface area contributed by atoms with Gasteiger partial charge in [-0.15, -0.1) is 10.2 Å². The molecule has 2 amide bonds. The predicted molar refractivity (Wildman–Crippen MR) is 223 cm³/mol. The Balaban J connectivity index is 1.36. The number of nitrogens with one attached hydrogen (secondary N) is 3. The van der Waals surface area contributed by atoms with Crippen LogP contribution in [0.25, 0.3) is 10.8 Å². The molecular weight excluding hydrogens is 725 g/mol. The number of ether oxygens (including phenoxy) is 1. The lowest BCUT2D eigenvalue weighted by molar-refractivity contribution is -0.384. The van der Waals surface area contributed by atoms with E-state index in [2.05, 4.69) is 33.3 Å². The third-order valence-corrected chi connectivity index (χ3v) is 9.43. The summed E-state index contributed by atoms with van der Waals surface area (Å²) in [6.45, 7) is 2.95. The van der Waals surface area contributed by atoms with Gasteiger partial charge in [-0.05, 0) is 65.9 Å². The number of para-hydroxylation sites is 1. The summed E-state index contributed by atoms with van der Waals surface area (Å²) in [5, 5.41) is 38.2. The van der Waals surface area contributed by atoms with Gasteiger partial charge in [0.05, 0.1) is 29.9 Å². The van der Waals surface area contributed by atoms with Crippen LogP contribution in [0.3, 0.4) is 0 Å². The number of phenolic OH excluding ortho intramolecular Hbond substituents is 1. The van der Waals surface area contributed by atoms with Gasteiger partial charge in [-0.2, -0.15) is 0 Å². The van der Waals surface area contributed by atoms with Gasteiger partial charge in [0.25, 0.3) is 17.5 Å². The normalized spacial score (nSPS) is 11.1. The van der Waals surface area contributed by atoms with Crippen molar-refractivity contribution < 1.29 is 29.2 Å². The number of nitrogens with zero attached hydrogens (tertiary/aromatic N) is 3. The van der Waals surface area contributed by atoms with Crippen LogP contribution in [0.15, 0.2) is 107 Å². The van der Waals surface area contributed by atoms with E-state index in [0.717, 1.165) is 30.5 Å². The Bertz CT molecular complexity index is 2160. The maximum absolute atomic E-state index is 13.6. The van der Waals surface area contributed by atoms with E-state index in [9.17, 15) is 24.8 Å². The molecule has 0 heterocycles. The Morgan fingerprint density at radius 1 is 0.772 bits per heavy atom. The van der Waals surface area contributed by atoms with Crippen molar-refractivity contribution in [2.45, 2.75) is 77.7 Å². The molecule has 0 fully saturated rings. The van der Waals surface area contributed by atoms with Crippen LogP contribution in [0.5, 0.6) is 11.5 Å². The number of carbonyl (C=O) groups is 2. The molecule has 5 rings (SSSR count). The number of nitro groups is 1. The van der Waals surface area contributed by atoms with Gasteiger partial charge in [-0.25, -0.2) is 0 Å². The van der Waals surface area contributed by atoms with Crippen LogP contribution in [-0.4, -0.2) is 35.5 Å². The number of non-ortho nitro benzene ring substituents is 1. The summed E-state index contributed by atoms with van der Waals surface area (Å²) in [7, 11) is 1.50. The van der Waals surface area contributed by atoms with E-state index in [1.807, 2.05) is 36.4 Å². The van der Waals surface area contributed by atoms with Crippen molar-refractivity contribution in [1.29, 1.82) is 0 Å². The molecule has 0 saturated heterocycles. The summed E-state index contributed by atoms with van der Waals surface area (Å²) in [4.78, 5) is 43.4. The second-order valence-corrected chi connectivity index (χ2v) is 13.7. The molecule has 0 bridgehead atoms. The topological polar surface area (TPSA) is 177 Å². The first-order valence-electron chi connectivity index (χ1n) is 19.4. The van der Waals surface area contributed by atoms with Crippen LogP contribution in [0, 0.1) is 10.1 Å². The van der Waals surface area contributed by atoms with Crippen LogP contribution in [0.4, 0.5) is 28.4 Å². The fourth-order valence-electron chi connectivity index (χ4n) is 6.32. The molecule has 0 radical (unpaired) electrons. The molecule has 13 heteroatoms. The number of nitro benzene ring substituents is 1. The number of amides is 2. The van der Waals surface area contributed by atoms with Crippen LogP contribution in [0.2, 0.25) is 0 Å². The van der Waals surface area contributed by atoms with Gasteiger partial charge in [0.15, 0.2) is 5.75 Å². The second-order valence-electron chi connectivity index (χ2n) is 13.7. The molecule has 0 aliphatic heterocycles. The quantitative estimate of drug-likeness (QED) is 0.0232. The van der Waals surface area contributed by atoms with Gasteiger partial charge >= 0.3 is 0 Å². The highest BCUT2D eigenvalue weighted by molar-refractivity contribution is 6.12. The fourth-order valence-corrected chi connectivity index (χ4v) is 6.32. The number of carbonyl (C=O) groups excluding carboxylic acids is 2. The molecule has 0 atom stereocenters. The van der Waals surface area contributed by atoms with E-state index >= 15 is 0 Å². The van der Waals surface area contributed by atoms with Gasteiger partial charge in [0.2, 0.25) is 0 Å². The summed E-state index contributed by atoms with van der Waals surface area (Å²) < 4.78 is 5.53. The summed E-state index contributed by atoms with van der Waals surface area (Å²) in [6.07, 6.45) is 11.9. The lowest BCUT2D eigenvalue weighted by Gasteiger charge is -2.13. The molecule has 0 aliphatic rings. The number of hydrogen-bond acceptors (Lipinski definition) is 10. The van der Waals surface area contributed by atoms with Crippen LogP contribution in [-0.2, 0) is 11.4 Å². The molecule has 5 aromatic rings. The van der Waals surface area contributed by atoms with E-state index in [1.54, 1.807) is 30.3 Å². The predicted octanol–water partition coefficient (Wildman–Crippen LogP) is 11.3. The number of anilines is 2. The minimum atomic E-state index is -0.746. The van der Waals surface area contributed by atoms with Crippen molar-refractivity contribution in [2.75, 3.05) is 24.5 Å². The molecule has 0 saturated carbocycles. The fraction of sp³-hybridized carbons (Fsp3) is 0.318. The first-order chi connectivity index (χ1) is 27.8. The van der Waals surface area contributed by atoms with Gasteiger partial charge in [0, 0.05) is 35.3 Å². The van der Waals surface area contributed by atoms with Gasteiger partial charge in [-0.3, -0.25) is 30.0 Å².